The fourth-order valence-corrected chi connectivity index (χ4v) is 5.87. The number of carbonyl (C=O) groups is 1. The van der Waals surface area contributed by atoms with Crippen LogP contribution in [0.25, 0.3) is 0 Å². The highest BCUT2D eigenvalue weighted by atomic mass is 16.7. The molecule has 6 rings (SSSR count). The zero-order valence-electron chi connectivity index (χ0n) is 17.0. The topological polar surface area (TPSA) is 45.3 Å². The van der Waals surface area contributed by atoms with Crippen molar-refractivity contribution in [3.63, 3.8) is 0 Å². The van der Waals surface area contributed by atoms with E-state index in [9.17, 15) is 4.79 Å². The molecule has 0 saturated carbocycles. The van der Waals surface area contributed by atoms with Crippen LogP contribution in [-0.4, -0.2) is 78.8 Å². The Balaban J connectivity index is 1.45. The molecule has 4 fully saturated rings. The molecule has 6 heteroatoms. The van der Waals surface area contributed by atoms with Crippen LogP contribution in [0.4, 0.5) is 0 Å². The fourth-order valence-electron chi connectivity index (χ4n) is 5.87. The van der Waals surface area contributed by atoms with Gasteiger partial charge in [0.05, 0.1) is 12.6 Å². The van der Waals surface area contributed by atoms with Crippen LogP contribution >= 0.6 is 0 Å². The molecule has 6 nitrogen and oxygen atoms in total. The van der Waals surface area contributed by atoms with Crippen molar-refractivity contribution < 1.29 is 14.3 Å². The van der Waals surface area contributed by atoms with Crippen LogP contribution in [0.2, 0.25) is 0 Å². The first-order valence-corrected chi connectivity index (χ1v) is 10.8. The molecule has 1 aromatic carbocycles. The van der Waals surface area contributed by atoms with Crippen molar-refractivity contribution >= 4 is 5.91 Å². The summed E-state index contributed by atoms with van der Waals surface area (Å²) in [7, 11) is 0. The lowest BCUT2D eigenvalue weighted by Crippen LogP contribution is -2.61. The molecule has 0 radical (unpaired) electrons. The molecular weight excluding hydrogens is 354 g/mol. The van der Waals surface area contributed by atoms with E-state index in [1.54, 1.807) is 0 Å². The second-order valence-electron chi connectivity index (χ2n) is 8.58. The highest BCUT2D eigenvalue weighted by Gasteiger charge is 2.54. The maximum Gasteiger partial charge on any atom is 0.237 e. The second kappa shape index (κ2) is 7.23. The standard InChI is InChI=1S/C22H31N3O3/c1-3-23(4-2)13-20(26)25-12-17(16-5-6-18-19(11-16)28-14-27-18)22-21(25)15-7-9-24(22)10-8-15/h5-6,11,15,17,21-22H,3-4,7-10,12-14H2,1-2H3/t17-,21+,22+/m1/s1. The first-order chi connectivity index (χ1) is 13.7. The van der Waals surface area contributed by atoms with Gasteiger partial charge in [-0.25, -0.2) is 0 Å². The lowest BCUT2D eigenvalue weighted by Gasteiger charge is -2.51. The van der Waals surface area contributed by atoms with Crippen LogP contribution in [0, 0.1) is 5.92 Å². The number of benzene rings is 1. The van der Waals surface area contributed by atoms with E-state index < -0.39 is 0 Å². The number of likely N-dealkylation sites (N-methyl/N-ethyl adjacent to an activating group) is 1. The van der Waals surface area contributed by atoms with Gasteiger partial charge in [0.15, 0.2) is 11.5 Å². The predicted molar refractivity (Wildman–Crippen MR) is 107 cm³/mol. The van der Waals surface area contributed by atoms with Gasteiger partial charge in [0.1, 0.15) is 0 Å². The van der Waals surface area contributed by atoms with Crippen LogP contribution < -0.4 is 9.47 Å². The van der Waals surface area contributed by atoms with Gasteiger partial charge in [0.25, 0.3) is 0 Å². The van der Waals surface area contributed by atoms with Gasteiger partial charge in [0, 0.05) is 18.5 Å². The van der Waals surface area contributed by atoms with Crippen LogP contribution in [0.3, 0.4) is 0 Å². The number of hydrogen-bond acceptors (Lipinski definition) is 5. The molecule has 0 unspecified atom stereocenters. The van der Waals surface area contributed by atoms with Crippen molar-refractivity contribution in [2.45, 2.75) is 44.7 Å². The molecule has 5 aliphatic heterocycles. The number of fused-ring (bicyclic) bond motifs is 3. The monoisotopic (exact) mass is 385 g/mol. The summed E-state index contributed by atoms with van der Waals surface area (Å²) in [5.74, 6) is 2.98. The summed E-state index contributed by atoms with van der Waals surface area (Å²) in [4.78, 5) is 20.4. The minimum atomic E-state index is 0.302. The lowest BCUT2D eigenvalue weighted by molar-refractivity contribution is -0.137. The van der Waals surface area contributed by atoms with E-state index in [4.69, 9.17) is 9.47 Å². The van der Waals surface area contributed by atoms with E-state index in [0.29, 0.717) is 43.2 Å². The van der Waals surface area contributed by atoms with E-state index in [0.717, 1.165) is 31.1 Å². The number of carbonyl (C=O) groups excluding carboxylic acids is 1. The Bertz CT molecular complexity index is 743. The maximum atomic E-state index is 13.3. The first kappa shape index (κ1) is 18.3. The number of piperidine rings is 3. The molecule has 28 heavy (non-hydrogen) atoms. The van der Waals surface area contributed by atoms with Gasteiger partial charge in [-0.1, -0.05) is 19.9 Å². The van der Waals surface area contributed by atoms with Crippen LogP contribution in [0.15, 0.2) is 18.2 Å². The van der Waals surface area contributed by atoms with Crippen molar-refractivity contribution in [1.29, 1.82) is 0 Å². The molecule has 5 aliphatic rings. The Morgan fingerprint density at radius 2 is 1.86 bits per heavy atom. The van der Waals surface area contributed by atoms with Crippen LogP contribution in [-0.2, 0) is 4.79 Å². The number of nitrogens with zero attached hydrogens (tertiary/aromatic N) is 3. The Hall–Kier alpha value is -1.79. The van der Waals surface area contributed by atoms with Gasteiger partial charge in [-0.3, -0.25) is 14.6 Å². The molecule has 0 aromatic heterocycles. The van der Waals surface area contributed by atoms with Crippen LogP contribution in [0.1, 0.15) is 38.2 Å². The summed E-state index contributed by atoms with van der Waals surface area (Å²) in [6.07, 6.45) is 2.45. The number of hydrogen-bond donors (Lipinski definition) is 0. The van der Waals surface area contributed by atoms with E-state index >= 15 is 0 Å². The van der Waals surface area contributed by atoms with E-state index in [2.05, 4.69) is 40.7 Å². The molecule has 0 aliphatic carbocycles. The Labute approximate surface area is 167 Å². The van der Waals surface area contributed by atoms with Crippen LogP contribution in [0.5, 0.6) is 11.5 Å². The average molecular weight is 386 g/mol. The minimum absolute atomic E-state index is 0.302. The van der Waals surface area contributed by atoms with Crippen molar-refractivity contribution in [1.82, 2.24) is 14.7 Å². The molecule has 4 saturated heterocycles. The van der Waals surface area contributed by atoms with Crippen molar-refractivity contribution in [3.05, 3.63) is 23.8 Å². The second-order valence-corrected chi connectivity index (χ2v) is 8.58. The summed E-state index contributed by atoms with van der Waals surface area (Å²) in [5, 5.41) is 0. The number of likely N-dealkylation sites (tertiary alicyclic amines) is 1. The fraction of sp³-hybridized carbons (Fsp3) is 0.682. The average Bonchev–Trinajstić information content (AvgIpc) is 3.38. The maximum absolute atomic E-state index is 13.3. The Morgan fingerprint density at radius 3 is 2.61 bits per heavy atom. The van der Waals surface area contributed by atoms with E-state index in [1.807, 2.05) is 6.07 Å². The molecule has 2 bridgehead atoms. The van der Waals surface area contributed by atoms with Gasteiger partial charge in [-0.05, 0) is 62.6 Å². The number of amides is 1. The molecule has 0 spiro atoms. The zero-order valence-corrected chi connectivity index (χ0v) is 17.0. The quantitative estimate of drug-likeness (QED) is 0.777. The van der Waals surface area contributed by atoms with Gasteiger partial charge in [-0.2, -0.15) is 0 Å². The van der Waals surface area contributed by atoms with Crippen molar-refractivity contribution in [3.8, 4) is 11.5 Å². The third kappa shape index (κ3) is 2.89. The molecule has 152 valence electrons. The lowest BCUT2D eigenvalue weighted by atomic mass is 9.75. The van der Waals surface area contributed by atoms with Crippen molar-refractivity contribution in [2.75, 3.05) is 46.1 Å². The minimum Gasteiger partial charge on any atom is -0.454 e. The Morgan fingerprint density at radius 1 is 1.11 bits per heavy atom. The third-order valence-electron chi connectivity index (χ3n) is 7.39. The molecule has 0 N–H and O–H groups in total. The molecule has 1 aromatic rings. The van der Waals surface area contributed by atoms with Gasteiger partial charge >= 0.3 is 0 Å². The highest BCUT2D eigenvalue weighted by Crippen LogP contribution is 2.47. The zero-order chi connectivity index (χ0) is 19.3. The summed E-state index contributed by atoms with van der Waals surface area (Å²) in [5.41, 5.74) is 1.28. The van der Waals surface area contributed by atoms with Gasteiger partial charge < -0.3 is 14.4 Å². The van der Waals surface area contributed by atoms with E-state index in [1.165, 1.54) is 31.5 Å². The summed E-state index contributed by atoms with van der Waals surface area (Å²) in [6, 6.07) is 7.15. The molecule has 1 amide bonds. The normalized spacial score (nSPS) is 32.8. The number of rotatable bonds is 5. The number of ether oxygens (including phenoxy) is 2. The molecule has 3 atom stereocenters. The summed E-state index contributed by atoms with van der Waals surface area (Å²) >= 11 is 0. The SMILES string of the molecule is CCN(CC)CC(=O)N1C[C@H](c2ccc3c(c2)OCO3)[C@H]2[C@@H]1C1CCN2CC1. The molecular formula is C22H31N3O3. The largest absolute Gasteiger partial charge is 0.454 e. The first-order valence-electron chi connectivity index (χ1n) is 10.8. The van der Waals surface area contributed by atoms with Gasteiger partial charge in [-0.15, -0.1) is 0 Å². The molecule has 5 heterocycles. The third-order valence-corrected chi connectivity index (χ3v) is 7.39. The van der Waals surface area contributed by atoms with Gasteiger partial charge in [0.2, 0.25) is 12.7 Å². The smallest absolute Gasteiger partial charge is 0.237 e. The summed E-state index contributed by atoms with van der Waals surface area (Å²) in [6.45, 7) is 10.1. The highest BCUT2D eigenvalue weighted by molar-refractivity contribution is 5.79. The van der Waals surface area contributed by atoms with Crippen molar-refractivity contribution in [2.24, 2.45) is 5.92 Å². The summed E-state index contributed by atoms with van der Waals surface area (Å²) < 4.78 is 11.1. The van der Waals surface area contributed by atoms with E-state index in [-0.39, 0.29) is 0 Å². The predicted octanol–water partition coefficient (Wildman–Crippen LogP) is 2.15. The Kier molecular flexibility index (Phi) is 4.71.